The molecule has 1 aliphatic rings. The summed E-state index contributed by atoms with van der Waals surface area (Å²) in [6.45, 7) is 8.96. The van der Waals surface area contributed by atoms with Crippen LogP contribution in [0, 0.1) is 17.8 Å². The first-order chi connectivity index (χ1) is 7.52. The highest BCUT2D eigenvalue weighted by Gasteiger charge is 2.42. The lowest BCUT2D eigenvalue weighted by molar-refractivity contribution is -0.182. The molecule has 0 aromatic rings. The predicted octanol–water partition coefficient (Wildman–Crippen LogP) is 1.18. The number of ether oxygens (including phenoxy) is 2. The Morgan fingerprint density at radius 2 is 1.88 bits per heavy atom. The van der Waals surface area contributed by atoms with Crippen molar-refractivity contribution in [3.05, 3.63) is 0 Å². The van der Waals surface area contributed by atoms with Gasteiger partial charge in [-0.25, -0.2) is 4.79 Å². The fourth-order valence-corrected chi connectivity index (χ4v) is 2.29. The number of rotatable bonds is 3. The zero-order chi connectivity index (χ0) is 12.3. The molecule has 5 atom stereocenters. The van der Waals surface area contributed by atoms with Crippen molar-refractivity contribution in [2.45, 2.75) is 39.9 Å². The summed E-state index contributed by atoms with van der Waals surface area (Å²) < 4.78 is 10.8. The number of carbonyl (C=O) groups is 1. The van der Waals surface area contributed by atoms with Crippen molar-refractivity contribution >= 4 is 5.97 Å². The van der Waals surface area contributed by atoms with Crippen LogP contribution in [0.15, 0.2) is 0 Å². The maximum atomic E-state index is 11.7. The summed E-state index contributed by atoms with van der Waals surface area (Å²) in [5.41, 5.74) is 5.66. The maximum Gasteiger partial charge on any atom is 0.335 e. The maximum absolute atomic E-state index is 11.7. The molecule has 0 bridgehead atoms. The van der Waals surface area contributed by atoms with Gasteiger partial charge in [-0.05, 0) is 24.7 Å². The van der Waals surface area contributed by atoms with Gasteiger partial charge in [0.1, 0.15) is 0 Å². The molecule has 0 amide bonds. The van der Waals surface area contributed by atoms with Crippen LogP contribution >= 0.6 is 0 Å². The standard InChI is InChI=1S/C12H23NO3/c1-5-15-12(14)11-9(4)7(2)8(3)10(6-13)16-11/h7-11H,5-6,13H2,1-4H3/t7-,8-,9+,10+,11?/m0/s1. The van der Waals surface area contributed by atoms with E-state index in [0.717, 1.165) is 0 Å². The van der Waals surface area contributed by atoms with Gasteiger partial charge in [0.05, 0.1) is 12.7 Å². The van der Waals surface area contributed by atoms with Gasteiger partial charge in [0.25, 0.3) is 0 Å². The average molecular weight is 229 g/mol. The van der Waals surface area contributed by atoms with Gasteiger partial charge >= 0.3 is 5.97 Å². The van der Waals surface area contributed by atoms with Crippen LogP contribution in [-0.4, -0.2) is 31.3 Å². The summed E-state index contributed by atoms with van der Waals surface area (Å²) in [5.74, 6) is 0.714. The fourth-order valence-electron chi connectivity index (χ4n) is 2.29. The van der Waals surface area contributed by atoms with Gasteiger partial charge in [-0.1, -0.05) is 20.8 Å². The third-order valence-electron chi connectivity index (χ3n) is 3.80. The van der Waals surface area contributed by atoms with E-state index in [4.69, 9.17) is 15.2 Å². The zero-order valence-electron chi connectivity index (χ0n) is 10.6. The molecule has 0 aromatic carbocycles. The Kier molecular flexibility index (Phi) is 4.74. The molecule has 0 radical (unpaired) electrons. The molecule has 0 saturated carbocycles. The number of carbonyl (C=O) groups excluding carboxylic acids is 1. The Morgan fingerprint density at radius 1 is 1.25 bits per heavy atom. The van der Waals surface area contributed by atoms with Crippen molar-refractivity contribution in [1.29, 1.82) is 0 Å². The topological polar surface area (TPSA) is 61.5 Å². The Bertz CT molecular complexity index is 242. The van der Waals surface area contributed by atoms with Gasteiger partial charge < -0.3 is 15.2 Å². The second-order valence-electron chi connectivity index (χ2n) is 4.66. The Labute approximate surface area is 97.5 Å². The number of esters is 1. The SMILES string of the molecule is CCOC(=O)C1O[C@H](CN)[C@@H](C)[C@H](C)[C@H]1C. The van der Waals surface area contributed by atoms with Gasteiger partial charge in [0.15, 0.2) is 6.10 Å². The predicted molar refractivity (Wildman–Crippen MR) is 61.8 cm³/mol. The highest BCUT2D eigenvalue weighted by molar-refractivity contribution is 5.75. The first-order valence-corrected chi connectivity index (χ1v) is 6.05. The van der Waals surface area contributed by atoms with Gasteiger partial charge in [-0.2, -0.15) is 0 Å². The highest BCUT2D eigenvalue weighted by atomic mass is 16.6. The third-order valence-corrected chi connectivity index (χ3v) is 3.80. The molecule has 1 saturated heterocycles. The van der Waals surface area contributed by atoms with E-state index in [1.807, 2.05) is 6.92 Å². The minimum Gasteiger partial charge on any atom is -0.464 e. The van der Waals surface area contributed by atoms with Crippen molar-refractivity contribution in [3.8, 4) is 0 Å². The Balaban J connectivity index is 2.74. The normalized spacial score (nSPS) is 39.4. The van der Waals surface area contributed by atoms with E-state index >= 15 is 0 Å². The van der Waals surface area contributed by atoms with Crippen LogP contribution in [0.1, 0.15) is 27.7 Å². The van der Waals surface area contributed by atoms with Crippen LogP contribution in [0.3, 0.4) is 0 Å². The van der Waals surface area contributed by atoms with Crippen LogP contribution in [0.5, 0.6) is 0 Å². The number of hydrogen-bond donors (Lipinski definition) is 1. The molecule has 4 nitrogen and oxygen atoms in total. The molecule has 0 spiro atoms. The first kappa shape index (κ1) is 13.5. The van der Waals surface area contributed by atoms with Crippen LogP contribution in [0.2, 0.25) is 0 Å². The fraction of sp³-hybridized carbons (Fsp3) is 0.917. The lowest BCUT2D eigenvalue weighted by atomic mass is 9.76. The molecular formula is C12H23NO3. The van der Waals surface area contributed by atoms with Crippen molar-refractivity contribution < 1.29 is 14.3 Å². The molecule has 0 aliphatic carbocycles. The molecule has 1 fully saturated rings. The molecule has 1 heterocycles. The smallest absolute Gasteiger partial charge is 0.335 e. The summed E-state index contributed by atoms with van der Waals surface area (Å²) in [6, 6.07) is 0. The Hall–Kier alpha value is -0.610. The monoisotopic (exact) mass is 229 g/mol. The molecule has 2 N–H and O–H groups in total. The van der Waals surface area contributed by atoms with Gasteiger partial charge in [0.2, 0.25) is 0 Å². The second-order valence-corrected chi connectivity index (χ2v) is 4.66. The van der Waals surface area contributed by atoms with E-state index < -0.39 is 6.10 Å². The molecule has 1 unspecified atom stereocenters. The van der Waals surface area contributed by atoms with E-state index in [2.05, 4.69) is 13.8 Å². The minimum absolute atomic E-state index is 0.0411. The van der Waals surface area contributed by atoms with Crippen LogP contribution < -0.4 is 5.73 Å². The lowest BCUT2D eigenvalue weighted by Gasteiger charge is -2.42. The molecular weight excluding hydrogens is 206 g/mol. The van der Waals surface area contributed by atoms with Crippen LogP contribution in [-0.2, 0) is 14.3 Å². The van der Waals surface area contributed by atoms with Crippen LogP contribution in [0.4, 0.5) is 0 Å². The summed E-state index contributed by atoms with van der Waals surface area (Å²) in [6.07, 6.45) is -0.500. The van der Waals surface area contributed by atoms with Crippen molar-refractivity contribution in [2.24, 2.45) is 23.5 Å². The largest absolute Gasteiger partial charge is 0.464 e. The summed E-state index contributed by atoms with van der Waals surface area (Å²) in [4.78, 5) is 11.7. The lowest BCUT2D eigenvalue weighted by Crippen LogP contribution is -2.51. The van der Waals surface area contributed by atoms with E-state index in [-0.39, 0.29) is 18.0 Å². The van der Waals surface area contributed by atoms with E-state index in [1.165, 1.54) is 0 Å². The third kappa shape index (κ3) is 2.55. The Morgan fingerprint density at radius 3 is 2.38 bits per heavy atom. The van der Waals surface area contributed by atoms with Gasteiger partial charge in [-0.3, -0.25) is 0 Å². The van der Waals surface area contributed by atoms with Gasteiger partial charge in [-0.15, -0.1) is 0 Å². The molecule has 16 heavy (non-hydrogen) atoms. The molecule has 1 aliphatic heterocycles. The average Bonchev–Trinajstić information content (AvgIpc) is 2.27. The quantitative estimate of drug-likeness (QED) is 0.738. The second kappa shape index (κ2) is 5.64. The van der Waals surface area contributed by atoms with E-state index in [9.17, 15) is 4.79 Å². The zero-order valence-corrected chi connectivity index (χ0v) is 10.6. The first-order valence-electron chi connectivity index (χ1n) is 6.05. The molecule has 4 heteroatoms. The van der Waals surface area contributed by atoms with Crippen molar-refractivity contribution in [3.63, 3.8) is 0 Å². The number of nitrogens with two attached hydrogens (primary N) is 1. The molecule has 1 rings (SSSR count). The number of hydrogen-bond acceptors (Lipinski definition) is 4. The molecule has 94 valence electrons. The summed E-state index contributed by atoms with van der Waals surface area (Å²) in [7, 11) is 0. The highest BCUT2D eigenvalue weighted by Crippen LogP contribution is 2.34. The minimum atomic E-state index is -0.459. The van der Waals surface area contributed by atoms with E-state index in [0.29, 0.717) is 25.0 Å². The van der Waals surface area contributed by atoms with Gasteiger partial charge in [0, 0.05) is 6.54 Å². The van der Waals surface area contributed by atoms with E-state index in [1.54, 1.807) is 6.92 Å². The summed E-state index contributed by atoms with van der Waals surface area (Å²) in [5, 5.41) is 0. The van der Waals surface area contributed by atoms with Crippen molar-refractivity contribution in [2.75, 3.05) is 13.2 Å². The summed E-state index contributed by atoms with van der Waals surface area (Å²) >= 11 is 0. The van der Waals surface area contributed by atoms with Crippen molar-refractivity contribution in [1.82, 2.24) is 0 Å². The van der Waals surface area contributed by atoms with Crippen LogP contribution in [0.25, 0.3) is 0 Å². The molecule has 0 aromatic heterocycles.